The van der Waals surface area contributed by atoms with Crippen molar-refractivity contribution in [2.45, 2.75) is 32.1 Å². The highest BCUT2D eigenvalue weighted by molar-refractivity contribution is 7.17. The van der Waals surface area contributed by atoms with Crippen molar-refractivity contribution in [2.24, 2.45) is 0 Å². The van der Waals surface area contributed by atoms with E-state index in [1.807, 2.05) is 6.07 Å². The van der Waals surface area contributed by atoms with Gasteiger partial charge in [0.1, 0.15) is 10.8 Å². The molecule has 0 radical (unpaired) electrons. The Hall–Kier alpha value is -2.38. The first-order valence-electron chi connectivity index (χ1n) is 9.08. The smallest absolute Gasteiger partial charge is 0.268 e. The van der Waals surface area contributed by atoms with Crippen LogP contribution in [0.25, 0.3) is 0 Å². The Labute approximate surface area is 163 Å². The molecule has 1 aromatic carbocycles. The predicted molar refractivity (Wildman–Crippen MR) is 108 cm³/mol. The molecule has 0 unspecified atom stereocenters. The fourth-order valence-corrected chi connectivity index (χ4v) is 4.61. The summed E-state index contributed by atoms with van der Waals surface area (Å²) in [7, 11) is 5.08. The fourth-order valence-electron chi connectivity index (χ4n) is 3.33. The van der Waals surface area contributed by atoms with Crippen LogP contribution in [-0.2, 0) is 12.8 Å². The van der Waals surface area contributed by atoms with E-state index >= 15 is 0 Å². The number of thiophene rings is 1. The molecule has 2 amide bonds. The van der Waals surface area contributed by atoms with Gasteiger partial charge < -0.3 is 10.1 Å². The summed E-state index contributed by atoms with van der Waals surface area (Å²) in [4.78, 5) is 26.9. The number of aryl methyl sites for hydroxylation is 1. The molecule has 1 heterocycles. The number of nitrogens with zero attached hydrogens (tertiary/aromatic N) is 1. The van der Waals surface area contributed by atoms with E-state index in [1.54, 1.807) is 37.3 Å². The van der Waals surface area contributed by atoms with Crippen LogP contribution < -0.4 is 15.5 Å². The van der Waals surface area contributed by atoms with Gasteiger partial charge in [-0.25, -0.2) is 5.01 Å². The molecule has 0 fully saturated rings. The van der Waals surface area contributed by atoms with Crippen LogP contribution in [0.5, 0.6) is 5.75 Å². The lowest BCUT2D eigenvalue weighted by Gasteiger charge is -2.14. The van der Waals surface area contributed by atoms with E-state index in [1.165, 1.54) is 29.7 Å². The summed E-state index contributed by atoms with van der Waals surface area (Å²) in [6.45, 7) is 0. The molecule has 1 aliphatic rings. The first kappa shape index (κ1) is 19.4. The Morgan fingerprint density at radius 1 is 1.07 bits per heavy atom. The molecule has 0 bridgehead atoms. The second-order valence-corrected chi connectivity index (χ2v) is 7.86. The van der Waals surface area contributed by atoms with Gasteiger partial charge in [-0.1, -0.05) is 18.6 Å². The summed E-state index contributed by atoms with van der Waals surface area (Å²) in [5, 5.41) is 5.18. The molecule has 2 aromatic rings. The number of carbonyl (C=O) groups excluding carboxylic acids is 2. The number of hydrogen-bond acceptors (Lipinski definition) is 5. The Bertz CT molecular complexity index is 845. The van der Waals surface area contributed by atoms with Gasteiger partial charge in [-0.3, -0.25) is 15.0 Å². The van der Waals surface area contributed by atoms with Crippen LogP contribution in [0.15, 0.2) is 24.3 Å². The van der Waals surface area contributed by atoms with E-state index in [0.717, 1.165) is 31.2 Å². The van der Waals surface area contributed by atoms with E-state index < -0.39 is 0 Å². The topological polar surface area (TPSA) is 70.7 Å². The van der Waals surface area contributed by atoms with E-state index in [9.17, 15) is 9.59 Å². The number of hydrogen-bond donors (Lipinski definition) is 2. The van der Waals surface area contributed by atoms with Crippen LogP contribution in [0, 0.1) is 0 Å². The maximum Gasteiger partial charge on any atom is 0.268 e. The molecule has 6 nitrogen and oxygen atoms in total. The highest BCUT2D eigenvalue weighted by Crippen LogP contribution is 2.38. The van der Waals surface area contributed by atoms with Gasteiger partial charge in [-0.2, -0.15) is 0 Å². The highest BCUT2D eigenvalue weighted by atomic mass is 32.1. The van der Waals surface area contributed by atoms with Gasteiger partial charge in [0.15, 0.2) is 0 Å². The van der Waals surface area contributed by atoms with E-state index in [-0.39, 0.29) is 11.8 Å². The lowest BCUT2D eigenvalue weighted by atomic mass is 10.0. The summed E-state index contributed by atoms with van der Waals surface area (Å²) >= 11 is 1.52. The van der Waals surface area contributed by atoms with Crippen LogP contribution in [0.2, 0.25) is 0 Å². The highest BCUT2D eigenvalue weighted by Gasteiger charge is 2.26. The number of carbonyl (C=O) groups is 2. The zero-order chi connectivity index (χ0) is 19.4. The molecule has 7 heteroatoms. The van der Waals surface area contributed by atoms with E-state index in [2.05, 4.69) is 10.7 Å². The second-order valence-electron chi connectivity index (χ2n) is 6.76. The van der Waals surface area contributed by atoms with Crippen LogP contribution in [-0.4, -0.2) is 38.0 Å². The molecule has 0 aliphatic heterocycles. The summed E-state index contributed by atoms with van der Waals surface area (Å²) in [5.74, 6) is 0.0462. The summed E-state index contributed by atoms with van der Waals surface area (Å²) in [6, 6.07) is 7.07. The molecule has 0 spiro atoms. The Morgan fingerprint density at radius 2 is 1.81 bits per heavy atom. The molecular weight excluding hydrogens is 362 g/mol. The number of anilines is 1. The molecule has 3 rings (SSSR count). The van der Waals surface area contributed by atoms with Crippen molar-refractivity contribution in [3.05, 3.63) is 45.8 Å². The molecule has 1 aromatic heterocycles. The predicted octanol–water partition coefficient (Wildman–Crippen LogP) is 3.48. The summed E-state index contributed by atoms with van der Waals surface area (Å²) < 4.78 is 5.29. The number of amides is 2. The molecular formula is C20H25N3O3S. The van der Waals surface area contributed by atoms with Crippen molar-refractivity contribution in [2.75, 3.05) is 26.5 Å². The average molecular weight is 388 g/mol. The van der Waals surface area contributed by atoms with Crippen molar-refractivity contribution in [3.8, 4) is 5.75 Å². The molecule has 0 atom stereocenters. The van der Waals surface area contributed by atoms with Gasteiger partial charge in [0, 0.05) is 19.0 Å². The summed E-state index contributed by atoms with van der Waals surface area (Å²) in [6.07, 6.45) is 5.16. The average Bonchev–Trinajstić information content (AvgIpc) is 2.81. The molecule has 1 aliphatic carbocycles. The third-order valence-corrected chi connectivity index (χ3v) is 5.76. The number of nitrogens with one attached hydrogen (secondary N) is 2. The van der Waals surface area contributed by atoms with Crippen molar-refractivity contribution in [3.63, 3.8) is 0 Å². The third kappa shape index (κ3) is 4.31. The van der Waals surface area contributed by atoms with Crippen LogP contribution in [0.3, 0.4) is 0 Å². The number of ether oxygens (including phenoxy) is 1. The maximum atomic E-state index is 12.8. The number of para-hydroxylation sites is 1. The van der Waals surface area contributed by atoms with Gasteiger partial charge in [0.2, 0.25) is 0 Å². The van der Waals surface area contributed by atoms with E-state index in [0.29, 0.717) is 21.9 Å². The Morgan fingerprint density at radius 3 is 2.56 bits per heavy atom. The maximum absolute atomic E-state index is 12.8. The molecule has 2 N–H and O–H groups in total. The van der Waals surface area contributed by atoms with Crippen molar-refractivity contribution >= 4 is 28.2 Å². The largest absolute Gasteiger partial charge is 0.496 e. The SMILES string of the molecule is COc1ccccc1C(=O)Nc1sc2c(c1C(=O)NN(C)C)CCCCC2. The molecule has 0 saturated carbocycles. The van der Waals surface area contributed by atoms with Crippen molar-refractivity contribution < 1.29 is 14.3 Å². The standard InChI is InChI=1S/C20H25N3O3S/c1-23(2)22-19(25)17-14-10-5-4-6-12-16(14)27-20(17)21-18(24)13-9-7-8-11-15(13)26-3/h7-9,11H,4-6,10,12H2,1-3H3,(H,21,24)(H,22,25). The fraction of sp³-hybridized carbons (Fsp3) is 0.400. The number of hydrazine groups is 1. The lowest BCUT2D eigenvalue weighted by Crippen LogP contribution is -2.36. The van der Waals surface area contributed by atoms with Crippen molar-refractivity contribution in [1.29, 1.82) is 0 Å². The first-order valence-corrected chi connectivity index (χ1v) is 9.90. The number of fused-ring (bicyclic) bond motifs is 1. The minimum Gasteiger partial charge on any atom is -0.496 e. The summed E-state index contributed by atoms with van der Waals surface area (Å²) in [5.41, 5.74) is 4.93. The second kappa shape index (κ2) is 8.54. The van der Waals surface area contributed by atoms with Crippen LogP contribution in [0.1, 0.15) is 50.4 Å². The van der Waals surface area contributed by atoms with Gasteiger partial charge in [-0.15, -0.1) is 11.3 Å². The Balaban J connectivity index is 1.96. The number of rotatable bonds is 5. The first-order chi connectivity index (χ1) is 13.0. The molecule has 0 saturated heterocycles. The zero-order valence-corrected chi connectivity index (χ0v) is 16.7. The van der Waals surface area contributed by atoms with E-state index in [4.69, 9.17) is 4.74 Å². The van der Waals surface area contributed by atoms with Gasteiger partial charge in [0.05, 0.1) is 18.2 Å². The van der Waals surface area contributed by atoms with Crippen LogP contribution in [0.4, 0.5) is 5.00 Å². The van der Waals surface area contributed by atoms with Gasteiger partial charge >= 0.3 is 0 Å². The third-order valence-electron chi connectivity index (χ3n) is 4.55. The Kier molecular flexibility index (Phi) is 6.13. The number of methoxy groups -OCH3 is 1. The molecule has 144 valence electrons. The normalized spacial score (nSPS) is 13.6. The van der Waals surface area contributed by atoms with Crippen LogP contribution >= 0.6 is 11.3 Å². The number of benzene rings is 1. The quantitative estimate of drug-likeness (QED) is 0.609. The van der Waals surface area contributed by atoms with Gasteiger partial charge in [-0.05, 0) is 43.4 Å². The van der Waals surface area contributed by atoms with Gasteiger partial charge in [0.25, 0.3) is 11.8 Å². The minimum atomic E-state index is -0.275. The minimum absolute atomic E-state index is 0.185. The van der Waals surface area contributed by atoms with Crippen molar-refractivity contribution in [1.82, 2.24) is 10.4 Å². The monoisotopic (exact) mass is 387 g/mol. The lowest BCUT2D eigenvalue weighted by molar-refractivity contribution is 0.0857. The molecule has 27 heavy (non-hydrogen) atoms. The zero-order valence-electron chi connectivity index (χ0n) is 15.9.